The van der Waals surface area contributed by atoms with Gasteiger partial charge < -0.3 is 0 Å². The normalized spacial score (nSPS) is 13.0. The Hall–Kier alpha value is -1.65. The second-order valence-corrected chi connectivity index (χ2v) is 6.12. The summed E-state index contributed by atoms with van der Waals surface area (Å²) in [6, 6.07) is 7.12. The molecule has 2 rings (SSSR count). The number of halogens is 2. The maximum Gasteiger partial charge on any atom is 0.188 e. The van der Waals surface area contributed by atoms with E-state index in [-0.39, 0.29) is 11.5 Å². The van der Waals surface area contributed by atoms with Crippen molar-refractivity contribution in [2.45, 2.75) is 19.2 Å². The first-order valence-electron chi connectivity index (χ1n) is 6.32. The molecule has 0 saturated carbocycles. The fourth-order valence-corrected chi connectivity index (χ4v) is 2.36. The number of benzene rings is 1. The number of alkyl halides is 1. The van der Waals surface area contributed by atoms with Crippen molar-refractivity contribution in [3.05, 3.63) is 54.1 Å². The van der Waals surface area contributed by atoms with Crippen molar-refractivity contribution < 1.29 is 4.79 Å². The summed E-state index contributed by atoms with van der Waals surface area (Å²) in [5.74, 6) is -0.192. The van der Waals surface area contributed by atoms with Gasteiger partial charge in [-0.15, -0.1) is 11.6 Å². The molecule has 110 valence electrons. The third-order valence-corrected chi connectivity index (χ3v) is 4.39. The van der Waals surface area contributed by atoms with E-state index in [0.717, 1.165) is 5.56 Å². The van der Waals surface area contributed by atoms with Crippen LogP contribution in [0.25, 0.3) is 5.70 Å². The van der Waals surface area contributed by atoms with E-state index in [1.54, 1.807) is 26.0 Å². The lowest BCUT2D eigenvalue weighted by atomic mass is 9.80. The average molecular weight is 324 g/mol. The van der Waals surface area contributed by atoms with Crippen LogP contribution >= 0.6 is 23.2 Å². The van der Waals surface area contributed by atoms with Crippen LogP contribution in [0.1, 0.15) is 24.8 Å². The summed E-state index contributed by atoms with van der Waals surface area (Å²) in [4.78, 5) is 16.5. The van der Waals surface area contributed by atoms with Gasteiger partial charge >= 0.3 is 0 Å². The Morgan fingerprint density at radius 2 is 1.95 bits per heavy atom. The Labute approximate surface area is 133 Å². The molecule has 0 aliphatic carbocycles. The average Bonchev–Trinajstić information content (AvgIpc) is 3.00. The largest absolute Gasteiger partial charge is 0.292 e. The molecule has 2 aromatic rings. The minimum Gasteiger partial charge on any atom is -0.292 e. The van der Waals surface area contributed by atoms with Crippen LogP contribution in [0.3, 0.4) is 0 Å². The van der Waals surface area contributed by atoms with E-state index >= 15 is 0 Å². The number of aromatic nitrogens is 3. The highest BCUT2D eigenvalue weighted by atomic mass is 35.5. The van der Waals surface area contributed by atoms with Gasteiger partial charge in [0.15, 0.2) is 5.78 Å². The van der Waals surface area contributed by atoms with Gasteiger partial charge in [-0.25, -0.2) is 9.67 Å². The third kappa shape index (κ3) is 3.17. The third-order valence-electron chi connectivity index (χ3n) is 3.34. The quantitative estimate of drug-likeness (QED) is 0.617. The topological polar surface area (TPSA) is 47.8 Å². The van der Waals surface area contributed by atoms with Gasteiger partial charge in [-0.05, 0) is 17.7 Å². The number of carbonyl (C=O) groups excluding carboxylic acids is 1. The number of ketones is 1. The zero-order valence-electron chi connectivity index (χ0n) is 11.8. The molecule has 0 spiro atoms. The summed E-state index contributed by atoms with van der Waals surface area (Å²) < 4.78 is 1.34. The molecular weight excluding hydrogens is 309 g/mol. The molecule has 0 aliphatic rings. The van der Waals surface area contributed by atoms with Gasteiger partial charge in [0.05, 0.1) is 10.8 Å². The lowest BCUT2D eigenvalue weighted by Gasteiger charge is -2.29. The molecule has 0 bridgehead atoms. The summed E-state index contributed by atoms with van der Waals surface area (Å²) in [7, 11) is 0. The fourth-order valence-electron chi connectivity index (χ4n) is 1.99. The molecular formula is C15H15Cl2N3O. The van der Waals surface area contributed by atoms with Crippen molar-refractivity contribution in [2.24, 2.45) is 5.41 Å². The van der Waals surface area contributed by atoms with Gasteiger partial charge in [0.1, 0.15) is 18.4 Å². The van der Waals surface area contributed by atoms with E-state index in [4.69, 9.17) is 23.2 Å². The Morgan fingerprint density at radius 3 is 2.48 bits per heavy atom. The van der Waals surface area contributed by atoms with Crippen LogP contribution in [-0.2, 0) is 4.79 Å². The van der Waals surface area contributed by atoms with E-state index < -0.39 is 10.8 Å². The highest BCUT2D eigenvalue weighted by molar-refractivity contribution is 6.30. The first-order valence-corrected chi connectivity index (χ1v) is 7.13. The highest BCUT2D eigenvalue weighted by Gasteiger charge is 2.38. The van der Waals surface area contributed by atoms with Gasteiger partial charge in [0, 0.05) is 5.02 Å². The predicted octanol–water partition coefficient (Wildman–Crippen LogP) is 3.98. The summed E-state index contributed by atoms with van der Waals surface area (Å²) in [6.45, 7) is 7.35. The highest BCUT2D eigenvalue weighted by Crippen LogP contribution is 2.41. The van der Waals surface area contributed by atoms with Crippen molar-refractivity contribution >= 4 is 34.7 Å². The van der Waals surface area contributed by atoms with E-state index in [2.05, 4.69) is 16.7 Å². The first kappa shape index (κ1) is 15.7. The van der Waals surface area contributed by atoms with E-state index in [1.807, 2.05) is 12.1 Å². The molecule has 0 fully saturated rings. The predicted molar refractivity (Wildman–Crippen MR) is 84.2 cm³/mol. The van der Waals surface area contributed by atoms with Crippen molar-refractivity contribution in [1.82, 2.24) is 14.8 Å². The molecule has 6 heteroatoms. The summed E-state index contributed by atoms with van der Waals surface area (Å²) >= 11 is 12.4. The first-order chi connectivity index (χ1) is 9.84. The van der Waals surface area contributed by atoms with Crippen molar-refractivity contribution in [3.63, 3.8) is 0 Å². The van der Waals surface area contributed by atoms with Crippen molar-refractivity contribution in [1.29, 1.82) is 0 Å². The zero-order chi connectivity index (χ0) is 15.6. The molecule has 1 atom stereocenters. The van der Waals surface area contributed by atoms with Crippen molar-refractivity contribution in [2.75, 3.05) is 0 Å². The van der Waals surface area contributed by atoms with Gasteiger partial charge in [-0.1, -0.05) is 44.2 Å². The molecule has 0 N–H and O–H groups in total. The standard InChI is InChI=1S/C15H15Cl2N3O/c1-10(20-9-18-8-19-20)14(21)15(2,3)13(17)11-4-6-12(16)7-5-11/h4-9,13H,1H2,2-3H3/t13-/m0/s1. The molecule has 0 amide bonds. The Kier molecular flexibility index (Phi) is 4.49. The SMILES string of the molecule is C=C(C(=O)C(C)(C)[C@@H](Cl)c1ccc(Cl)cc1)n1cncn1. The fraction of sp³-hybridized carbons (Fsp3) is 0.267. The molecule has 21 heavy (non-hydrogen) atoms. The van der Waals surface area contributed by atoms with Gasteiger partial charge in [-0.2, -0.15) is 5.10 Å². The minimum absolute atomic E-state index is 0.192. The molecule has 1 aromatic heterocycles. The number of allylic oxidation sites excluding steroid dienone is 1. The van der Waals surface area contributed by atoms with Crippen LogP contribution in [-0.4, -0.2) is 20.5 Å². The number of nitrogens with zero attached hydrogens (tertiary/aromatic N) is 3. The molecule has 4 nitrogen and oxygen atoms in total. The van der Waals surface area contributed by atoms with Gasteiger partial charge in [0.25, 0.3) is 0 Å². The van der Waals surface area contributed by atoms with E-state index in [1.165, 1.54) is 17.3 Å². The Bertz CT molecular complexity index is 648. The van der Waals surface area contributed by atoms with Gasteiger partial charge in [0.2, 0.25) is 0 Å². The summed E-state index contributed by atoms with van der Waals surface area (Å²) in [5, 5.41) is 4.03. The maximum atomic E-state index is 12.6. The monoisotopic (exact) mass is 323 g/mol. The smallest absolute Gasteiger partial charge is 0.188 e. The van der Waals surface area contributed by atoms with Crippen LogP contribution < -0.4 is 0 Å². The number of carbonyl (C=O) groups is 1. The molecule has 0 radical (unpaired) electrons. The van der Waals surface area contributed by atoms with Crippen LogP contribution in [0.2, 0.25) is 5.02 Å². The maximum absolute atomic E-state index is 12.6. The number of hydrogen-bond acceptors (Lipinski definition) is 3. The van der Waals surface area contributed by atoms with E-state index in [9.17, 15) is 4.79 Å². The second-order valence-electron chi connectivity index (χ2n) is 5.25. The second kappa shape index (κ2) is 6.00. The Morgan fingerprint density at radius 1 is 1.33 bits per heavy atom. The lowest BCUT2D eigenvalue weighted by Crippen LogP contribution is -2.31. The summed E-state index contributed by atoms with van der Waals surface area (Å²) in [6.07, 6.45) is 2.78. The van der Waals surface area contributed by atoms with E-state index in [0.29, 0.717) is 5.02 Å². The summed E-state index contributed by atoms with van der Waals surface area (Å²) in [5.41, 5.74) is 0.209. The minimum atomic E-state index is -0.849. The van der Waals surface area contributed by atoms with Crippen LogP contribution in [0.4, 0.5) is 0 Å². The molecule has 1 heterocycles. The lowest BCUT2D eigenvalue weighted by molar-refractivity contribution is -0.121. The number of hydrogen-bond donors (Lipinski definition) is 0. The van der Waals surface area contributed by atoms with Crippen LogP contribution in [0, 0.1) is 5.41 Å². The molecule has 0 saturated heterocycles. The molecule has 0 aliphatic heterocycles. The zero-order valence-corrected chi connectivity index (χ0v) is 13.3. The molecule has 0 unspecified atom stereocenters. The molecule has 1 aromatic carbocycles. The van der Waals surface area contributed by atoms with Crippen LogP contribution in [0.5, 0.6) is 0 Å². The van der Waals surface area contributed by atoms with Crippen molar-refractivity contribution in [3.8, 4) is 0 Å². The number of rotatable bonds is 5. The van der Waals surface area contributed by atoms with Crippen LogP contribution in [0.15, 0.2) is 43.5 Å². The number of Topliss-reactive ketones (excluding diaryl/α,β-unsaturated/α-hetero) is 1. The Balaban J connectivity index is 2.26. The van der Waals surface area contributed by atoms with Gasteiger partial charge in [-0.3, -0.25) is 4.79 Å².